The molecule has 114 valence electrons. The van der Waals surface area contributed by atoms with E-state index in [0.717, 1.165) is 32.7 Å². The van der Waals surface area contributed by atoms with Crippen LogP contribution >= 0.6 is 0 Å². The van der Waals surface area contributed by atoms with Gasteiger partial charge in [0.1, 0.15) is 5.60 Å². The minimum atomic E-state index is -0.429. The van der Waals surface area contributed by atoms with Gasteiger partial charge in [0, 0.05) is 19.6 Å². The smallest absolute Gasteiger partial charge is 0.410 e. The van der Waals surface area contributed by atoms with Gasteiger partial charge in [0.2, 0.25) is 0 Å². The quantitative estimate of drug-likeness (QED) is 0.713. The molecule has 0 N–H and O–H groups in total. The van der Waals surface area contributed by atoms with Crippen LogP contribution in [0.5, 0.6) is 0 Å². The molecule has 0 spiro atoms. The minimum Gasteiger partial charge on any atom is -0.444 e. The van der Waals surface area contributed by atoms with Gasteiger partial charge in [0.05, 0.1) is 0 Å². The van der Waals surface area contributed by atoms with E-state index in [1.165, 1.54) is 0 Å². The first kappa shape index (κ1) is 18.2. The minimum absolute atomic E-state index is 0.201. The highest BCUT2D eigenvalue weighted by Crippen LogP contribution is 2.11. The average Bonchev–Trinajstić information content (AvgIpc) is 2.25. The highest BCUT2D eigenvalue weighted by atomic mass is 16.6. The van der Waals surface area contributed by atoms with E-state index in [9.17, 15) is 4.79 Å². The molecule has 0 aromatic rings. The highest BCUT2D eigenvalue weighted by Gasteiger charge is 2.22. The van der Waals surface area contributed by atoms with E-state index >= 15 is 0 Å². The predicted octanol–water partition coefficient (Wildman–Crippen LogP) is 3.22. The first-order valence-electron chi connectivity index (χ1n) is 7.39. The fourth-order valence-corrected chi connectivity index (χ4v) is 1.83. The molecule has 0 rings (SSSR count). The molecule has 1 amide bonds. The van der Waals surface area contributed by atoms with E-state index in [4.69, 9.17) is 4.74 Å². The Balaban J connectivity index is 4.49. The summed E-state index contributed by atoms with van der Waals surface area (Å²) in [6.07, 6.45) is -0.201. The van der Waals surface area contributed by atoms with Crippen LogP contribution in [0.15, 0.2) is 0 Å². The number of rotatable bonds is 7. The van der Waals surface area contributed by atoms with Crippen molar-refractivity contribution in [2.45, 2.75) is 54.1 Å². The first-order chi connectivity index (χ1) is 8.69. The SMILES string of the molecule is CCN(CC)CCN(CC(C)C)C(=O)OC(C)(C)C. The lowest BCUT2D eigenvalue weighted by Gasteiger charge is -2.30. The molecule has 0 aromatic heterocycles. The summed E-state index contributed by atoms with van der Waals surface area (Å²) in [7, 11) is 0. The molecule has 0 atom stereocenters. The number of carbonyl (C=O) groups excluding carboxylic acids is 1. The van der Waals surface area contributed by atoms with Gasteiger partial charge >= 0.3 is 6.09 Å². The molecule has 4 heteroatoms. The van der Waals surface area contributed by atoms with Crippen molar-refractivity contribution >= 4 is 6.09 Å². The van der Waals surface area contributed by atoms with Crippen LogP contribution in [-0.2, 0) is 4.74 Å². The normalized spacial score (nSPS) is 12.1. The van der Waals surface area contributed by atoms with E-state index in [0.29, 0.717) is 5.92 Å². The van der Waals surface area contributed by atoms with Gasteiger partial charge in [0.15, 0.2) is 0 Å². The van der Waals surface area contributed by atoms with Gasteiger partial charge in [0.25, 0.3) is 0 Å². The van der Waals surface area contributed by atoms with Crippen molar-refractivity contribution in [2.24, 2.45) is 5.92 Å². The Morgan fingerprint density at radius 1 is 1.11 bits per heavy atom. The standard InChI is InChI=1S/C15H32N2O2/c1-8-16(9-2)10-11-17(12-13(3)4)14(18)19-15(5,6)7/h13H,8-12H2,1-7H3. The molecular formula is C15H32N2O2. The summed E-state index contributed by atoms with van der Waals surface area (Å²) in [5.74, 6) is 0.448. The lowest BCUT2D eigenvalue weighted by atomic mass is 10.2. The fourth-order valence-electron chi connectivity index (χ4n) is 1.83. The molecule has 0 aromatic carbocycles. The Bertz CT molecular complexity index is 255. The van der Waals surface area contributed by atoms with Crippen LogP contribution in [0.25, 0.3) is 0 Å². The van der Waals surface area contributed by atoms with Crippen LogP contribution in [0.2, 0.25) is 0 Å². The molecule has 0 saturated carbocycles. The van der Waals surface area contributed by atoms with Crippen molar-refractivity contribution in [1.82, 2.24) is 9.80 Å². The molecule has 0 aliphatic heterocycles. The Kier molecular flexibility index (Phi) is 8.07. The maximum Gasteiger partial charge on any atom is 0.410 e. The molecule has 0 aliphatic carbocycles. The molecule has 0 aliphatic rings. The van der Waals surface area contributed by atoms with E-state index in [2.05, 4.69) is 32.6 Å². The molecule has 0 fully saturated rings. The summed E-state index contributed by atoms with van der Waals surface area (Å²) >= 11 is 0. The molecule has 0 bridgehead atoms. The number of likely N-dealkylation sites (N-methyl/N-ethyl adjacent to an activating group) is 1. The molecule has 0 heterocycles. The Labute approximate surface area is 119 Å². The van der Waals surface area contributed by atoms with Gasteiger partial charge in [-0.15, -0.1) is 0 Å². The van der Waals surface area contributed by atoms with Crippen LogP contribution in [0.1, 0.15) is 48.5 Å². The fraction of sp³-hybridized carbons (Fsp3) is 0.933. The zero-order chi connectivity index (χ0) is 15.1. The van der Waals surface area contributed by atoms with Crippen LogP contribution in [-0.4, -0.2) is 54.2 Å². The van der Waals surface area contributed by atoms with Gasteiger partial charge < -0.3 is 14.5 Å². The van der Waals surface area contributed by atoms with Crippen molar-refractivity contribution in [2.75, 3.05) is 32.7 Å². The Morgan fingerprint density at radius 2 is 1.63 bits per heavy atom. The summed E-state index contributed by atoms with van der Waals surface area (Å²) in [6.45, 7) is 18.6. The Morgan fingerprint density at radius 3 is 2.00 bits per heavy atom. The van der Waals surface area contributed by atoms with Gasteiger partial charge in [-0.2, -0.15) is 0 Å². The predicted molar refractivity (Wildman–Crippen MR) is 80.4 cm³/mol. The lowest BCUT2D eigenvalue weighted by molar-refractivity contribution is 0.0211. The lowest BCUT2D eigenvalue weighted by Crippen LogP contribution is -2.43. The second kappa shape index (κ2) is 8.41. The monoisotopic (exact) mass is 272 g/mol. The maximum absolute atomic E-state index is 12.2. The number of nitrogens with zero attached hydrogens (tertiary/aromatic N) is 2. The van der Waals surface area contributed by atoms with E-state index in [1.54, 1.807) is 0 Å². The third-order valence-corrected chi connectivity index (χ3v) is 2.82. The number of amides is 1. The zero-order valence-electron chi connectivity index (χ0n) is 13.8. The van der Waals surface area contributed by atoms with Crippen LogP contribution in [0.3, 0.4) is 0 Å². The maximum atomic E-state index is 12.2. The summed E-state index contributed by atoms with van der Waals surface area (Å²) in [5.41, 5.74) is -0.429. The molecule has 0 saturated heterocycles. The third kappa shape index (κ3) is 8.87. The number of ether oxygens (including phenoxy) is 1. The van der Waals surface area contributed by atoms with E-state index < -0.39 is 5.60 Å². The van der Waals surface area contributed by atoms with Crippen molar-refractivity contribution in [3.05, 3.63) is 0 Å². The van der Waals surface area contributed by atoms with Crippen molar-refractivity contribution in [1.29, 1.82) is 0 Å². The van der Waals surface area contributed by atoms with Crippen molar-refractivity contribution < 1.29 is 9.53 Å². The zero-order valence-corrected chi connectivity index (χ0v) is 13.8. The van der Waals surface area contributed by atoms with Crippen LogP contribution in [0.4, 0.5) is 4.79 Å². The largest absolute Gasteiger partial charge is 0.444 e. The van der Waals surface area contributed by atoms with Gasteiger partial charge in [-0.25, -0.2) is 4.79 Å². The van der Waals surface area contributed by atoms with Crippen LogP contribution in [0, 0.1) is 5.92 Å². The number of carbonyl (C=O) groups is 1. The topological polar surface area (TPSA) is 32.8 Å². The second-order valence-electron chi connectivity index (χ2n) is 6.35. The van der Waals surface area contributed by atoms with E-state index in [-0.39, 0.29) is 6.09 Å². The average molecular weight is 272 g/mol. The third-order valence-electron chi connectivity index (χ3n) is 2.82. The molecule has 4 nitrogen and oxygen atoms in total. The van der Waals surface area contributed by atoms with E-state index in [1.807, 2.05) is 25.7 Å². The summed E-state index contributed by atoms with van der Waals surface area (Å²) in [6, 6.07) is 0. The first-order valence-corrected chi connectivity index (χ1v) is 7.39. The number of hydrogen-bond acceptors (Lipinski definition) is 3. The van der Waals surface area contributed by atoms with Crippen LogP contribution < -0.4 is 0 Å². The van der Waals surface area contributed by atoms with Gasteiger partial charge in [-0.1, -0.05) is 27.7 Å². The number of hydrogen-bond donors (Lipinski definition) is 0. The Hall–Kier alpha value is -0.770. The van der Waals surface area contributed by atoms with Crippen molar-refractivity contribution in [3.63, 3.8) is 0 Å². The molecule has 0 unspecified atom stereocenters. The molecule has 0 radical (unpaired) electrons. The summed E-state index contributed by atoms with van der Waals surface area (Å²) < 4.78 is 5.47. The molecule has 19 heavy (non-hydrogen) atoms. The summed E-state index contributed by atoms with van der Waals surface area (Å²) in [5, 5.41) is 0. The molecular weight excluding hydrogens is 240 g/mol. The summed E-state index contributed by atoms with van der Waals surface area (Å²) in [4.78, 5) is 16.3. The second-order valence-corrected chi connectivity index (χ2v) is 6.35. The van der Waals surface area contributed by atoms with Gasteiger partial charge in [-0.3, -0.25) is 0 Å². The highest BCUT2D eigenvalue weighted by molar-refractivity contribution is 5.68. The van der Waals surface area contributed by atoms with Gasteiger partial charge in [-0.05, 0) is 39.8 Å². The van der Waals surface area contributed by atoms with Crippen molar-refractivity contribution in [3.8, 4) is 0 Å².